The molecule has 1 unspecified atom stereocenters. The smallest absolute Gasteiger partial charge is 0.0597 e. The number of benzene rings is 2. The Balaban J connectivity index is 2.43. The molecule has 0 fully saturated rings. The Hall–Kier alpha value is -1.80. The highest BCUT2D eigenvalue weighted by atomic mass is 15.1. The molecule has 0 aliphatic carbocycles. The van der Waals surface area contributed by atoms with Crippen LogP contribution in [0.25, 0.3) is 0 Å². The predicted octanol–water partition coefficient (Wildman–Crippen LogP) is 3.23. The van der Waals surface area contributed by atoms with Gasteiger partial charge in [0.2, 0.25) is 0 Å². The van der Waals surface area contributed by atoms with Crippen molar-refractivity contribution in [1.29, 1.82) is 0 Å². The van der Waals surface area contributed by atoms with Gasteiger partial charge in [-0.15, -0.1) is 0 Å². The summed E-state index contributed by atoms with van der Waals surface area (Å²) in [6, 6.07) is 17.0. The first kappa shape index (κ1) is 12.7. The first-order valence-electron chi connectivity index (χ1n) is 6.16. The third-order valence-electron chi connectivity index (χ3n) is 3.14. The summed E-state index contributed by atoms with van der Waals surface area (Å²) in [7, 11) is 4.18. The molecule has 94 valence electrons. The standard InChI is InChI=1S/C16H20N2/c1-12-7-9-13(10-8-12)16(18(2)3)14-5-4-6-15(17)11-14/h4-11,16H,17H2,1-3H3. The van der Waals surface area contributed by atoms with Gasteiger partial charge in [0.1, 0.15) is 0 Å². The van der Waals surface area contributed by atoms with Gasteiger partial charge >= 0.3 is 0 Å². The van der Waals surface area contributed by atoms with E-state index in [2.05, 4.69) is 56.3 Å². The zero-order valence-electron chi connectivity index (χ0n) is 11.2. The maximum Gasteiger partial charge on any atom is 0.0597 e. The Labute approximate surface area is 109 Å². The van der Waals surface area contributed by atoms with Crippen LogP contribution in [0.2, 0.25) is 0 Å². The highest BCUT2D eigenvalue weighted by molar-refractivity contribution is 5.44. The quantitative estimate of drug-likeness (QED) is 0.835. The van der Waals surface area contributed by atoms with Crippen molar-refractivity contribution in [2.45, 2.75) is 13.0 Å². The van der Waals surface area contributed by atoms with Gasteiger partial charge in [0.15, 0.2) is 0 Å². The van der Waals surface area contributed by atoms with Crippen molar-refractivity contribution in [3.63, 3.8) is 0 Å². The minimum absolute atomic E-state index is 0.245. The van der Waals surface area contributed by atoms with Crippen molar-refractivity contribution in [3.05, 3.63) is 65.2 Å². The molecule has 0 saturated heterocycles. The molecule has 0 bridgehead atoms. The Bertz CT molecular complexity index is 515. The zero-order valence-corrected chi connectivity index (χ0v) is 11.2. The van der Waals surface area contributed by atoms with E-state index in [0.717, 1.165) is 5.69 Å². The summed E-state index contributed by atoms with van der Waals surface area (Å²) in [5.74, 6) is 0. The molecular weight excluding hydrogens is 220 g/mol. The average Bonchev–Trinajstić information content (AvgIpc) is 2.32. The molecular formula is C16H20N2. The largest absolute Gasteiger partial charge is 0.399 e. The third kappa shape index (κ3) is 2.71. The van der Waals surface area contributed by atoms with Crippen LogP contribution in [0.4, 0.5) is 5.69 Å². The minimum Gasteiger partial charge on any atom is -0.399 e. The van der Waals surface area contributed by atoms with Crippen LogP contribution in [-0.4, -0.2) is 19.0 Å². The predicted molar refractivity (Wildman–Crippen MR) is 77.6 cm³/mol. The van der Waals surface area contributed by atoms with Crippen LogP contribution in [0.3, 0.4) is 0 Å². The minimum atomic E-state index is 0.245. The SMILES string of the molecule is Cc1ccc(C(c2cccc(N)c2)N(C)C)cc1. The summed E-state index contributed by atoms with van der Waals surface area (Å²) in [5.41, 5.74) is 10.5. The van der Waals surface area contributed by atoms with Crippen molar-refractivity contribution in [2.75, 3.05) is 19.8 Å². The Morgan fingerprint density at radius 1 is 0.944 bits per heavy atom. The highest BCUT2D eigenvalue weighted by Crippen LogP contribution is 2.27. The summed E-state index contributed by atoms with van der Waals surface area (Å²) < 4.78 is 0. The molecule has 2 heteroatoms. The van der Waals surface area contributed by atoms with Crippen LogP contribution in [0, 0.1) is 6.92 Å². The fourth-order valence-corrected chi connectivity index (χ4v) is 2.27. The molecule has 1 atom stereocenters. The topological polar surface area (TPSA) is 29.3 Å². The molecule has 0 amide bonds. The van der Waals surface area contributed by atoms with Crippen molar-refractivity contribution in [2.24, 2.45) is 0 Å². The van der Waals surface area contributed by atoms with E-state index in [-0.39, 0.29) is 6.04 Å². The van der Waals surface area contributed by atoms with Gasteiger partial charge in [-0.3, -0.25) is 4.90 Å². The lowest BCUT2D eigenvalue weighted by Crippen LogP contribution is -2.21. The molecule has 2 rings (SSSR count). The number of nitrogens with two attached hydrogens (primary N) is 1. The van der Waals surface area contributed by atoms with E-state index in [9.17, 15) is 0 Å². The number of hydrogen-bond donors (Lipinski definition) is 1. The second-order valence-electron chi connectivity index (χ2n) is 4.95. The normalized spacial score (nSPS) is 12.7. The molecule has 0 radical (unpaired) electrons. The van der Waals surface area contributed by atoms with E-state index >= 15 is 0 Å². The van der Waals surface area contributed by atoms with E-state index in [1.54, 1.807) is 0 Å². The number of anilines is 1. The van der Waals surface area contributed by atoms with Gasteiger partial charge in [0, 0.05) is 5.69 Å². The van der Waals surface area contributed by atoms with E-state index in [1.807, 2.05) is 18.2 Å². The van der Waals surface area contributed by atoms with Crippen molar-refractivity contribution in [3.8, 4) is 0 Å². The molecule has 0 heterocycles. The van der Waals surface area contributed by atoms with Crippen molar-refractivity contribution < 1.29 is 0 Å². The van der Waals surface area contributed by atoms with Crippen LogP contribution in [0.5, 0.6) is 0 Å². The zero-order chi connectivity index (χ0) is 13.1. The van der Waals surface area contributed by atoms with E-state index in [4.69, 9.17) is 5.73 Å². The van der Waals surface area contributed by atoms with Crippen LogP contribution in [0.1, 0.15) is 22.7 Å². The summed E-state index contributed by atoms with van der Waals surface area (Å²) in [6.45, 7) is 2.11. The van der Waals surface area contributed by atoms with Crippen molar-refractivity contribution >= 4 is 5.69 Å². The molecule has 0 aromatic heterocycles. The fourth-order valence-electron chi connectivity index (χ4n) is 2.27. The monoisotopic (exact) mass is 240 g/mol. The Morgan fingerprint density at radius 3 is 2.17 bits per heavy atom. The number of aryl methyl sites for hydroxylation is 1. The molecule has 0 saturated carbocycles. The lowest BCUT2D eigenvalue weighted by molar-refractivity contribution is 0.342. The lowest BCUT2D eigenvalue weighted by Gasteiger charge is -2.25. The Kier molecular flexibility index (Phi) is 3.68. The molecule has 0 spiro atoms. The number of hydrogen-bond acceptors (Lipinski definition) is 2. The van der Waals surface area contributed by atoms with Gasteiger partial charge in [-0.05, 0) is 44.3 Å². The van der Waals surface area contributed by atoms with Gasteiger partial charge in [-0.1, -0.05) is 42.0 Å². The van der Waals surface area contributed by atoms with Crippen molar-refractivity contribution in [1.82, 2.24) is 4.90 Å². The third-order valence-corrected chi connectivity index (χ3v) is 3.14. The second kappa shape index (κ2) is 5.23. The van der Waals surface area contributed by atoms with Gasteiger partial charge in [-0.25, -0.2) is 0 Å². The lowest BCUT2D eigenvalue weighted by atomic mass is 9.96. The number of rotatable bonds is 3. The van der Waals surface area contributed by atoms with Crippen LogP contribution >= 0.6 is 0 Å². The first-order chi connectivity index (χ1) is 8.58. The first-order valence-corrected chi connectivity index (χ1v) is 6.16. The Morgan fingerprint density at radius 2 is 1.61 bits per heavy atom. The van der Waals surface area contributed by atoms with E-state index in [0.29, 0.717) is 0 Å². The molecule has 2 aromatic carbocycles. The second-order valence-corrected chi connectivity index (χ2v) is 4.95. The molecule has 2 nitrogen and oxygen atoms in total. The maximum absolute atomic E-state index is 5.88. The van der Waals surface area contributed by atoms with Gasteiger partial charge in [-0.2, -0.15) is 0 Å². The van der Waals surface area contributed by atoms with E-state index < -0.39 is 0 Å². The molecule has 18 heavy (non-hydrogen) atoms. The van der Waals surface area contributed by atoms with Gasteiger partial charge in [0.25, 0.3) is 0 Å². The molecule has 0 aliphatic rings. The summed E-state index contributed by atoms with van der Waals surface area (Å²) >= 11 is 0. The number of nitrogen functional groups attached to an aromatic ring is 1. The molecule has 2 N–H and O–H groups in total. The van der Waals surface area contributed by atoms with Gasteiger partial charge in [0.05, 0.1) is 6.04 Å². The highest BCUT2D eigenvalue weighted by Gasteiger charge is 2.16. The summed E-state index contributed by atoms with van der Waals surface area (Å²) in [5, 5.41) is 0. The van der Waals surface area contributed by atoms with Crippen LogP contribution in [-0.2, 0) is 0 Å². The van der Waals surface area contributed by atoms with E-state index in [1.165, 1.54) is 16.7 Å². The average molecular weight is 240 g/mol. The number of nitrogens with zero attached hydrogens (tertiary/aromatic N) is 1. The molecule has 2 aromatic rings. The van der Waals surface area contributed by atoms with Crippen LogP contribution < -0.4 is 5.73 Å². The van der Waals surface area contributed by atoms with Crippen LogP contribution in [0.15, 0.2) is 48.5 Å². The molecule has 0 aliphatic heterocycles. The summed E-state index contributed by atoms with van der Waals surface area (Å²) in [4.78, 5) is 2.21. The summed E-state index contributed by atoms with van der Waals surface area (Å²) in [6.07, 6.45) is 0. The maximum atomic E-state index is 5.88. The van der Waals surface area contributed by atoms with Gasteiger partial charge < -0.3 is 5.73 Å². The fraction of sp³-hybridized carbons (Fsp3) is 0.250.